The van der Waals surface area contributed by atoms with Crippen LogP contribution in [0.2, 0.25) is 0 Å². The fraction of sp³-hybridized carbons (Fsp3) is 0.333. The van der Waals surface area contributed by atoms with Crippen LogP contribution in [0.5, 0.6) is 0 Å². The maximum atomic E-state index is 12.2. The second-order valence-electron chi connectivity index (χ2n) is 4.10. The van der Waals surface area contributed by atoms with Crippen LogP contribution in [0.1, 0.15) is 18.5 Å². The summed E-state index contributed by atoms with van der Waals surface area (Å²) < 4.78 is 1.55. The fourth-order valence-electron chi connectivity index (χ4n) is 1.69. The predicted molar refractivity (Wildman–Crippen MR) is 65.4 cm³/mol. The van der Waals surface area contributed by atoms with E-state index in [1.54, 1.807) is 42.3 Å². The highest BCUT2D eigenvalue weighted by Crippen LogP contribution is 2.09. The number of rotatable bonds is 4. The van der Waals surface area contributed by atoms with Gasteiger partial charge in [-0.05, 0) is 24.6 Å². The van der Waals surface area contributed by atoms with Crippen molar-refractivity contribution in [2.75, 3.05) is 7.05 Å². The van der Waals surface area contributed by atoms with Crippen LogP contribution < -0.4 is 0 Å². The Kier molecular flexibility index (Phi) is 3.66. The van der Waals surface area contributed by atoms with Crippen molar-refractivity contribution >= 4 is 5.91 Å². The largest absolute Gasteiger partial charge is 0.340 e. The third-order valence-electron chi connectivity index (χ3n) is 2.74. The Morgan fingerprint density at radius 1 is 1.39 bits per heavy atom. The van der Waals surface area contributed by atoms with Gasteiger partial charge in [0.2, 0.25) is 5.91 Å². The molecule has 6 nitrogen and oxygen atoms in total. The zero-order chi connectivity index (χ0) is 13.0. The first-order chi connectivity index (χ1) is 8.68. The summed E-state index contributed by atoms with van der Waals surface area (Å²) in [6.45, 7) is 2.36. The van der Waals surface area contributed by atoms with E-state index in [0.717, 1.165) is 5.56 Å². The summed E-state index contributed by atoms with van der Waals surface area (Å²) in [5.74, 6) is -0.00249. The van der Waals surface area contributed by atoms with Gasteiger partial charge in [0.1, 0.15) is 18.7 Å². The number of hydrogen-bond donors (Lipinski definition) is 0. The van der Waals surface area contributed by atoms with Crippen LogP contribution >= 0.6 is 0 Å². The number of aromatic nitrogens is 4. The van der Waals surface area contributed by atoms with Gasteiger partial charge in [0.25, 0.3) is 0 Å². The number of amides is 1. The molecule has 2 heterocycles. The summed E-state index contributed by atoms with van der Waals surface area (Å²) in [4.78, 5) is 21.6. The average Bonchev–Trinajstić information content (AvgIpc) is 2.92. The Morgan fingerprint density at radius 3 is 2.72 bits per heavy atom. The summed E-state index contributed by atoms with van der Waals surface area (Å²) in [7, 11) is 1.77. The van der Waals surface area contributed by atoms with E-state index in [9.17, 15) is 4.79 Å². The van der Waals surface area contributed by atoms with Gasteiger partial charge in [0, 0.05) is 26.0 Å². The molecule has 0 saturated heterocycles. The number of carbonyl (C=O) groups excluding carboxylic acids is 1. The number of carbonyl (C=O) groups is 1. The minimum Gasteiger partial charge on any atom is -0.340 e. The van der Waals surface area contributed by atoms with E-state index in [1.807, 2.05) is 12.1 Å². The normalized spacial score (nSPS) is 12.1. The quantitative estimate of drug-likeness (QED) is 0.802. The van der Waals surface area contributed by atoms with Crippen molar-refractivity contribution in [1.29, 1.82) is 0 Å². The monoisotopic (exact) mass is 245 g/mol. The van der Waals surface area contributed by atoms with Crippen molar-refractivity contribution in [3.8, 4) is 0 Å². The number of likely N-dealkylation sites (N-methyl/N-ethyl adjacent to an activating group) is 1. The van der Waals surface area contributed by atoms with E-state index in [4.69, 9.17) is 0 Å². The van der Waals surface area contributed by atoms with Gasteiger partial charge in [-0.1, -0.05) is 0 Å². The molecular formula is C12H15N5O. The summed E-state index contributed by atoms with van der Waals surface area (Å²) in [5.41, 5.74) is 1.05. The van der Waals surface area contributed by atoms with Crippen LogP contribution in [0, 0.1) is 0 Å². The molecule has 0 radical (unpaired) electrons. The number of hydrogen-bond acceptors (Lipinski definition) is 4. The maximum absolute atomic E-state index is 12.2. The molecular weight excluding hydrogens is 230 g/mol. The zero-order valence-electron chi connectivity index (χ0n) is 10.4. The van der Waals surface area contributed by atoms with E-state index < -0.39 is 0 Å². The third kappa shape index (κ3) is 2.71. The van der Waals surface area contributed by atoms with Crippen molar-refractivity contribution in [2.45, 2.75) is 19.5 Å². The van der Waals surface area contributed by atoms with Crippen LogP contribution in [0.4, 0.5) is 0 Å². The zero-order valence-corrected chi connectivity index (χ0v) is 10.4. The lowest BCUT2D eigenvalue weighted by Gasteiger charge is -2.21. The molecule has 0 aliphatic heterocycles. The van der Waals surface area contributed by atoms with Crippen LogP contribution in [-0.2, 0) is 11.3 Å². The molecule has 2 aromatic rings. The third-order valence-corrected chi connectivity index (χ3v) is 2.74. The molecule has 6 heteroatoms. The number of pyridine rings is 1. The van der Waals surface area contributed by atoms with Crippen LogP contribution in [0.25, 0.3) is 0 Å². The van der Waals surface area contributed by atoms with Gasteiger partial charge in [-0.25, -0.2) is 9.67 Å². The second kappa shape index (κ2) is 5.39. The summed E-state index contributed by atoms with van der Waals surface area (Å²) in [5, 5.41) is 3.97. The molecule has 1 amide bonds. The molecule has 0 unspecified atom stereocenters. The molecule has 0 aromatic carbocycles. The molecule has 0 saturated carbocycles. The molecule has 1 atom stereocenters. The SMILES string of the molecule is C[C@@H](C(=O)N(C)Cc1ccncc1)n1cncn1. The van der Waals surface area contributed by atoms with Crippen molar-refractivity contribution in [3.63, 3.8) is 0 Å². The molecule has 0 aliphatic carbocycles. The summed E-state index contributed by atoms with van der Waals surface area (Å²) in [6, 6.07) is 3.44. The van der Waals surface area contributed by atoms with Gasteiger partial charge in [-0.3, -0.25) is 9.78 Å². The molecule has 0 fully saturated rings. The Hall–Kier alpha value is -2.24. The van der Waals surface area contributed by atoms with Crippen molar-refractivity contribution in [3.05, 3.63) is 42.7 Å². The van der Waals surface area contributed by atoms with Gasteiger partial charge in [-0.15, -0.1) is 0 Å². The van der Waals surface area contributed by atoms with Crippen molar-refractivity contribution in [2.24, 2.45) is 0 Å². The average molecular weight is 245 g/mol. The lowest BCUT2D eigenvalue weighted by atomic mass is 10.2. The summed E-state index contributed by atoms with van der Waals surface area (Å²) >= 11 is 0. The first-order valence-corrected chi connectivity index (χ1v) is 5.66. The highest BCUT2D eigenvalue weighted by molar-refractivity contribution is 5.79. The highest BCUT2D eigenvalue weighted by Gasteiger charge is 2.19. The topological polar surface area (TPSA) is 63.9 Å². The first kappa shape index (κ1) is 12.2. The molecule has 0 spiro atoms. The fourth-order valence-corrected chi connectivity index (χ4v) is 1.69. The molecule has 0 aliphatic rings. The van der Waals surface area contributed by atoms with Gasteiger partial charge in [0.15, 0.2) is 0 Å². The molecule has 2 aromatic heterocycles. The van der Waals surface area contributed by atoms with E-state index in [2.05, 4.69) is 15.1 Å². The Labute approximate surface area is 105 Å². The van der Waals surface area contributed by atoms with E-state index in [1.165, 1.54) is 6.33 Å². The lowest BCUT2D eigenvalue weighted by Crippen LogP contribution is -2.32. The van der Waals surface area contributed by atoms with E-state index in [-0.39, 0.29) is 11.9 Å². The standard InChI is InChI=1S/C12H15N5O/c1-10(17-9-14-8-15-17)12(18)16(2)7-11-3-5-13-6-4-11/h3-6,8-10H,7H2,1-2H3/t10-/m0/s1. The van der Waals surface area contributed by atoms with E-state index >= 15 is 0 Å². The van der Waals surface area contributed by atoms with Crippen LogP contribution in [0.3, 0.4) is 0 Å². The smallest absolute Gasteiger partial charge is 0.247 e. The maximum Gasteiger partial charge on any atom is 0.247 e. The van der Waals surface area contributed by atoms with E-state index in [0.29, 0.717) is 6.54 Å². The molecule has 18 heavy (non-hydrogen) atoms. The second-order valence-corrected chi connectivity index (χ2v) is 4.10. The first-order valence-electron chi connectivity index (χ1n) is 5.66. The van der Waals surface area contributed by atoms with Crippen LogP contribution in [0.15, 0.2) is 37.2 Å². The highest BCUT2D eigenvalue weighted by atomic mass is 16.2. The van der Waals surface area contributed by atoms with Gasteiger partial charge < -0.3 is 4.90 Å². The minimum atomic E-state index is -0.348. The molecule has 0 bridgehead atoms. The summed E-state index contributed by atoms with van der Waals surface area (Å²) in [6.07, 6.45) is 6.40. The van der Waals surface area contributed by atoms with Gasteiger partial charge in [0.05, 0.1) is 0 Å². The Bertz CT molecular complexity index is 496. The van der Waals surface area contributed by atoms with Gasteiger partial charge >= 0.3 is 0 Å². The molecule has 0 N–H and O–H groups in total. The molecule has 2 rings (SSSR count). The molecule has 94 valence electrons. The Morgan fingerprint density at radius 2 is 2.11 bits per heavy atom. The minimum absolute atomic E-state index is 0.00249. The van der Waals surface area contributed by atoms with Crippen LogP contribution in [-0.4, -0.2) is 37.6 Å². The lowest BCUT2D eigenvalue weighted by molar-refractivity contribution is -0.133. The van der Waals surface area contributed by atoms with Gasteiger partial charge in [-0.2, -0.15) is 5.10 Å². The van der Waals surface area contributed by atoms with Crippen molar-refractivity contribution < 1.29 is 4.79 Å². The number of nitrogens with zero attached hydrogens (tertiary/aromatic N) is 5. The van der Waals surface area contributed by atoms with Crippen molar-refractivity contribution in [1.82, 2.24) is 24.6 Å². The Balaban J connectivity index is 2.01. The predicted octanol–water partition coefficient (Wildman–Crippen LogP) is 0.893.